The molecule has 0 saturated heterocycles. The Labute approximate surface area is 153 Å². The van der Waals surface area contributed by atoms with Crippen molar-refractivity contribution in [3.05, 3.63) is 54.1 Å². The SMILES string of the molecule is COc1ccc(NC(=O)CNc2ccc(C(=O)NC(C)(C)C)cc2)cc1. The van der Waals surface area contributed by atoms with Crippen molar-refractivity contribution < 1.29 is 14.3 Å². The molecule has 2 aromatic rings. The fraction of sp³-hybridized carbons (Fsp3) is 0.300. The average Bonchev–Trinajstić information content (AvgIpc) is 2.59. The van der Waals surface area contributed by atoms with Gasteiger partial charge in [-0.05, 0) is 69.3 Å². The third-order valence-electron chi connectivity index (χ3n) is 3.46. The van der Waals surface area contributed by atoms with Crippen LogP contribution in [-0.4, -0.2) is 31.0 Å². The number of methoxy groups -OCH3 is 1. The van der Waals surface area contributed by atoms with Gasteiger partial charge in [-0.1, -0.05) is 0 Å². The van der Waals surface area contributed by atoms with Gasteiger partial charge in [-0.3, -0.25) is 9.59 Å². The first kappa shape index (κ1) is 19.3. The van der Waals surface area contributed by atoms with Crippen LogP contribution in [-0.2, 0) is 4.79 Å². The molecule has 6 heteroatoms. The number of benzene rings is 2. The summed E-state index contributed by atoms with van der Waals surface area (Å²) in [6.45, 7) is 5.92. The van der Waals surface area contributed by atoms with E-state index in [1.807, 2.05) is 20.8 Å². The molecule has 0 unspecified atom stereocenters. The zero-order valence-corrected chi connectivity index (χ0v) is 15.6. The highest BCUT2D eigenvalue weighted by molar-refractivity contribution is 5.95. The van der Waals surface area contributed by atoms with Gasteiger partial charge >= 0.3 is 0 Å². The Kier molecular flexibility index (Phi) is 6.22. The van der Waals surface area contributed by atoms with E-state index in [1.165, 1.54) is 0 Å². The molecule has 0 aromatic heterocycles. The Bertz CT molecular complexity index is 747. The van der Waals surface area contributed by atoms with Crippen molar-refractivity contribution in [1.82, 2.24) is 5.32 Å². The molecular formula is C20H25N3O3. The fourth-order valence-corrected chi connectivity index (χ4v) is 2.21. The molecule has 0 aliphatic rings. The normalized spacial score (nSPS) is 10.8. The van der Waals surface area contributed by atoms with Gasteiger partial charge in [0.1, 0.15) is 5.75 Å². The molecule has 6 nitrogen and oxygen atoms in total. The van der Waals surface area contributed by atoms with Crippen LogP contribution < -0.4 is 20.7 Å². The topological polar surface area (TPSA) is 79.5 Å². The fourth-order valence-electron chi connectivity index (χ4n) is 2.21. The number of carbonyl (C=O) groups is 2. The lowest BCUT2D eigenvalue weighted by Gasteiger charge is -2.20. The molecular weight excluding hydrogens is 330 g/mol. The van der Waals surface area contributed by atoms with E-state index in [0.29, 0.717) is 11.3 Å². The highest BCUT2D eigenvalue weighted by Crippen LogP contribution is 2.15. The van der Waals surface area contributed by atoms with E-state index in [1.54, 1.807) is 55.6 Å². The van der Waals surface area contributed by atoms with Crippen LogP contribution in [0.4, 0.5) is 11.4 Å². The smallest absolute Gasteiger partial charge is 0.251 e. The summed E-state index contributed by atoms with van der Waals surface area (Å²) in [6, 6.07) is 14.1. The standard InChI is InChI=1S/C20H25N3O3/c1-20(2,3)23-19(25)14-5-7-15(8-6-14)21-13-18(24)22-16-9-11-17(26-4)12-10-16/h5-12,21H,13H2,1-4H3,(H,22,24)(H,23,25). The van der Waals surface area contributed by atoms with E-state index >= 15 is 0 Å². The molecule has 0 spiro atoms. The maximum Gasteiger partial charge on any atom is 0.251 e. The van der Waals surface area contributed by atoms with Gasteiger partial charge in [-0.2, -0.15) is 0 Å². The summed E-state index contributed by atoms with van der Waals surface area (Å²) >= 11 is 0. The average molecular weight is 355 g/mol. The molecule has 0 heterocycles. The molecule has 0 atom stereocenters. The van der Waals surface area contributed by atoms with Crippen LogP contribution in [0, 0.1) is 0 Å². The van der Waals surface area contributed by atoms with E-state index in [4.69, 9.17) is 4.74 Å². The van der Waals surface area contributed by atoms with Crippen LogP contribution in [0.3, 0.4) is 0 Å². The number of amides is 2. The van der Waals surface area contributed by atoms with Crippen LogP contribution in [0.2, 0.25) is 0 Å². The van der Waals surface area contributed by atoms with Gasteiger partial charge in [-0.25, -0.2) is 0 Å². The number of hydrogen-bond acceptors (Lipinski definition) is 4. The van der Waals surface area contributed by atoms with Gasteiger partial charge in [0.15, 0.2) is 0 Å². The molecule has 0 saturated carbocycles. The van der Waals surface area contributed by atoms with Gasteiger partial charge in [0.2, 0.25) is 5.91 Å². The monoisotopic (exact) mass is 355 g/mol. The van der Waals surface area contributed by atoms with E-state index in [0.717, 1.165) is 11.4 Å². The number of rotatable bonds is 6. The summed E-state index contributed by atoms with van der Waals surface area (Å²) < 4.78 is 5.08. The van der Waals surface area contributed by atoms with E-state index in [9.17, 15) is 9.59 Å². The lowest BCUT2D eigenvalue weighted by Crippen LogP contribution is -2.40. The molecule has 0 radical (unpaired) electrons. The first-order chi connectivity index (χ1) is 12.3. The van der Waals surface area contributed by atoms with Crippen molar-refractivity contribution in [2.24, 2.45) is 0 Å². The van der Waals surface area contributed by atoms with Gasteiger partial charge < -0.3 is 20.7 Å². The van der Waals surface area contributed by atoms with Crippen molar-refractivity contribution in [2.45, 2.75) is 26.3 Å². The summed E-state index contributed by atoms with van der Waals surface area (Å²) in [5.41, 5.74) is 1.76. The molecule has 0 aliphatic heterocycles. The molecule has 0 aliphatic carbocycles. The Morgan fingerprint density at radius 2 is 1.50 bits per heavy atom. The molecule has 2 amide bonds. The first-order valence-corrected chi connectivity index (χ1v) is 8.37. The second-order valence-corrected chi connectivity index (χ2v) is 6.91. The number of carbonyl (C=O) groups excluding carboxylic acids is 2. The summed E-state index contributed by atoms with van der Waals surface area (Å²) in [7, 11) is 1.59. The highest BCUT2D eigenvalue weighted by atomic mass is 16.5. The van der Waals surface area contributed by atoms with Gasteiger partial charge in [-0.15, -0.1) is 0 Å². The second kappa shape index (κ2) is 8.38. The third-order valence-corrected chi connectivity index (χ3v) is 3.46. The van der Waals surface area contributed by atoms with Crippen molar-refractivity contribution in [2.75, 3.05) is 24.3 Å². The predicted octanol–water partition coefficient (Wildman–Crippen LogP) is 3.27. The Morgan fingerprint density at radius 3 is 2.04 bits per heavy atom. The summed E-state index contributed by atoms with van der Waals surface area (Å²) in [5.74, 6) is 0.447. The third kappa shape index (κ3) is 6.12. The van der Waals surface area contributed by atoms with Crippen molar-refractivity contribution in [1.29, 1.82) is 0 Å². The quantitative estimate of drug-likeness (QED) is 0.743. The van der Waals surface area contributed by atoms with Crippen LogP contribution in [0.25, 0.3) is 0 Å². The molecule has 2 rings (SSSR count). The number of nitrogens with one attached hydrogen (secondary N) is 3. The van der Waals surface area contributed by atoms with E-state index < -0.39 is 0 Å². The van der Waals surface area contributed by atoms with Gasteiger partial charge in [0, 0.05) is 22.5 Å². The van der Waals surface area contributed by atoms with E-state index in [2.05, 4.69) is 16.0 Å². The van der Waals surface area contributed by atoms with Crippen LogP contribution in [0.5, 0.6) is 5.75 Å². The molecule has 26 heavy (non-hydrogen) atoms. The number of anilines is 2. The number of ether oxygens (including phenoxy) is 1. The lowest BCUT2D eigenvalue weighted by molar-refractivity contribution is -0.114. The molecule has 3 N–H and O–H groups in total. The number of hydrogen-bond donors (Lipinski definition) is 3. The Balaban J connectivity index is 1.85. The maximum atomic E-state index is 12.1. The van der Waals surface area contributed by atoms with Crippen molar-refractivity contribution in [3.63, 3.8) is 0 Å². The van der Waals surface area contributed by atoms with Crippen molar-refractivity contribution >= 4 is 23.2 Å². The minimum atomic E-state index is -0.284. The Morgan fingerprint density at radius 1 is 0.923 bits per heavy atom. The summed E-state index contributed by atoms with van der Waals surface area (Å²) in [6.07, 6.45) is 0. The second-order valence-electron chi connectivity index (χ2n) is 6.91. The predicted molar refractivity (Wildman–Crippen MR) is 104 cm³/mol. The first-order valence-electron chi connectivity index (χ1n) is 8.37. The van der Waals surface area contributed by atoms with Crippen LogP contribution >= 0.6 is 0 Å². The minimum absolute atomic E-state index is 0.124. The maximum absolute atomic E-state index is 12.1. The van der Waals surface area contributed by atoms with Gasteiger partial charge in [0.05, 0.1) is 13.7 Å². The highest BCUT2D eigenvalue weighted by Gasteiger charge is 2.15. The van der Waals surface area contributed by atoms with Crippen molar-refractivity contribution in [3.8, 4) is 5.75 Å². The van der Waals surface area contributed by atoms with E-state index in [-0.39, 0.29) is 23.9 Å². The van der Waals surface area contributed by atoms with Crippen LogP contribution in [0.15, 0.2) is 48.5 Å². The van der Waals surface area contributed by atoms with Gasteiger partial charge in [0.25, 0.3) is 5.91 Å². The lowest BCUT2D eigenvalue weighted by atomic mass is 10.1. The largest absolute Gasteiger partial charge is 0.497 e. The minimum Gasteiger partial charge on any atom is -0.497 e. The summed E-state index contributed by atoms with van der Waals surface area (Å²) in [4.78, 5) is 24.1. The molecule has 2 aromatic carbocycles. The zero-order valence-electron chi connectivity index (χ0n) is 15.6. The molecule has 0 fully saturated rings. The molecule has 138 valence electrons. The zero-order chi connectivity index (χ0) is 19.2. The molecule has 0 bridgehead atoms. The summed E-state index contributed by atoms with van der Waals surface area (Å²) in [5, 5.41) is 8.74. The Hall–Kier alpha value is -3.02. The van der Waals surface area contributed by atoms with Crippen LogP contribution in [0.1, 0.15) is 31.1 Å².